The number of ether oxygens (including phenoxy) is 1. The van der Waals surface area contributed by atoms with E-state index in [2.05, 4.69) is 5.32 Å². The fraction of sp³-hybridized carbons (Fsp3) is 0.417. The van der Waals surface area contributed by atoms with Crippen molar-refractivity contribution in [3.63, 3.8) is 0 Å². The number of rotatable bonds is 9. The highest BCUT2D eigenvalue weighted by molar-refractivity contribution is 6.07. The second-order valence-corrected chi connectivity index (χ2v) is 7.77. The summed E-state index contributed by atoms with van der Waals surface area (Å²) in [5.41, 5.74) is 2.21. The Labute approximate surface area is 177 Å². The Bertz CT molecular complexity index is 880. The van der Waals surface area contributed by atoms with Crippen molar-refractivity contribution in [3.8, 4) is 0 Å². The Morgan fingerprint density at radius 1 is 1.03 bits per heavy atom. The average Bonchev–Trinajstić information content (AvgIpc) is 3.00. The lowest BCUT2D eigenvalue weighted by atomic mass is 9.93. The van der Waals surface area contributed by atoms with Gasteiger partial charge in [0.25, 0.3) is 5.91 Å². The molecule has 1 aliphatic heterocycles. The van der Waals surface area contributed by atoms with Crippen LogP contribution in [0.4, 0.5) is 4.79 Å². The van der Waals surface area contributed by atoms with Gasteiger partial charge in [-0.1, -0.05) is 68.4 Å². The van der Waals surface area contributed by atoms with Gasteiger partial charge in [-0.15, -0.1) is 0 Å². The molecule has 1 heterocycles. The molecule has 1 fully saturated rings. The van der Waals surface area contributed by atoms with Gasteiger partial charge in [-0.05, 0) is 36.5 Å². The van der Waals surface area contributed by atoms with Crippen LogP contribution in [0.5, 0.6) is 0 Å². The third kappa shape index (κ3) is 4.40. The minimum atomic E-state index is -0.987. The van der Waals surface area contributed by atoms with Crippen LogP contribution < -0.4 is 5.32 Å². The number of hydrogen-bond donors (Lipinski definition) is 2. The summed E-state index contributed by atoms with van der Waals surface area (Å²) in [6.45, 7) is 5.67. The normalized spacial score (nSPS) is 17.7. The molecule has 2 aromatic carbocycles. The molecular formula is C24H30N2O4. The maximum Gasteiger partial charge on any atom is 0.325 e. The zero-order chi connectivity index (χ0) is 21.7. The summed E-state index contributed by atoms with van der Waals surface area (Å²) in [5.74, 6) is -0.282. The number of aliphatic hydroxyl groups excluding tert-OH is 1. The van der Waals surface area contributed by atoms with Crippen molar-refractivity contribution in [1.82, 2.24) is 10.2 Å². The monoisotopic (exact) mass is 410 g/mol. The van der Waals surface area contributed by atoms with Gasteiger partial charge in [0, 0.05) is 0 Å². The molecule has 6 heteroatoms. The quantitative estimate of drug-likeness (QED) is 0.620. The lowest BCUT2D eigenvalue weighted by Gasteiger charge is -2.25. The molecule has 3 amide bonds. The lowest BCUT2D eigenvalue weighted by molar-refractivity contribution is -0.133. The number of carbonyl (C=O) groups excluding carboxylic acids is 2. The zero-order valence-corrected chi connectivity index (χ0v) is 17.8. The predicted molar refractivity (Wildman–Crippen MR) is 115 cm³/mol. The van der Waals surface area contributed by atoms with Gasteiger partial charge in [-0.25, -0.2) is 4.79 Å². The predicted octanol–water partition coefficient (Wildman–Crippen LogP) is 3.57. The Kier molecular flexibility index (Phi) is 6.90. The molecule has 1 aliphatic rings. The van der Waals surface area contributed by atoms with E-state index in [0.717, 1.165) is 21.6 Å². The molecule has 6 nitrogen and oxygen atoms in total. The van der Waals surface area contributed by atoms with Crippen LogP contribution in [0.2, 0.25) is 0 Å². The van der Waals surface area contributed by atoms with Gasteiger partial charge in [0.2, 0.25) is 0 Å². The third-order valence-electron chi connectivity index (χ3n) is 5.87. The maximum absolute atomic E-state index is 12.8. The fourth-order valence-corrected chi connectivity index (χ4v) is 3.92. The summed E-state index contributed by atoms with van der Waals surface area (Å²) >= 11 is 0. The zero-order valence-electron chi connectivity index (χ0n) is 17.8. The molecule has 0 aromatic heterocycles. The molecule has 0 spiro atoms. The number of urea groups is 1. The van der Waals surface area contributed by atoms with Crippen LogP contribution in [0.15, 0.2) is 54.6 Å². The Morgan fingerprint density at radius 2 is 1.67 bits per heavy atom. The summed E-state index contributed by atoms with van der Waals surface area (Å²) in [7, 11) is 0. The molecule has 0 bridgehead atoms. The molecule has 2 atom stereocenters. The number of nitrogens with zero attached hydrogens (tertiary/aromatic N) is 1. The average molecular weight is 411 g/mol. The molecule has 2 aromatic rings. The summed E-state index contributed by atoms with van der Waals surface area (Å²) in [4.78, 5) is 26.2. The van der Waals surface area contributed by atoms with E-state index >= 15 is 0 Å². The number of imide groups is 1. The second-order valence-electron chi connectivity index (χ2n) is 7.77. The summed E-state index contributed by atoms with van der Waals surface area (Å²) < 4.78 is 6.12. The number of benzene rings is 2. The summed E-state index contributed by atoms with van der Waals surface area (Å²) in [6, 6.07) is 17.3. The topological polar surface area (TPSA) is 78.9 Å². The molecule has 1 saturated heterocycles. The fourth-order valence-electron chi connectivity index (χ4n) is 3.92. The molecule has 160 valence electrons. The minimum Gasteiger partial charge on any atom is -0.389 e. The Morgan fingerprint density at radius 3 is 2.27 bits per heavy atom. The van der Waals surface area contributed by atoms with Crippen molar-refractivity contribution in [2.45, 2.75) is 51.4 Å². The van der Waals surface area contributed by atoms with E-state index in [4.69, 9.17) is 4.74 Å². The summed E-state index contributed by atoms with van der Waals surface area (Å²) in [6.07, 6.45) is -0.309. The molecule has 0 aliphatic carbocycles. The number of aliphatic hydroxyl groups is 1. The van der Waals surface area contributed by atoms with E-state index < -0.39 is 17.7 Å². The number of β-amino-alcohol motifs (C(OH)–C–C–N with tert-alkyl or cyclic N) is 1. The molecule has 0 radical (unpaired) electrons. The van der Waals surface area contributed by atoms with E-state index in [0.29, 0.717) is 12.8 Å². The Hall–Kier alpha value is -2.70. The second kappa shape index (κ2) is 9.41. The van der Waals surface area contributed by atoms with Crippen LogP contribution in [0.25, 0.3) is 0 Å². The van der Waals surface area contributed by atoms with Crippen molar-refractivity contribution in [1.29, 1.82) is 0 Å². The Balaban J connectivity index is 1.71. The highest BCUT2D eigenvalue weighted by atomic mass is 16.5. The van der Waals surface area contributed by atoms with Crippen molar-refractivity contribution >= 4 is 11.9 Å². The van der Waals surface area contributed by atoms with E-state index in [-0.39, 0.29) is 25.2 Å². The van der Waals surface area contributed by atoms with Crippen molar-refractivity contribution in [3.05, 3.63) is 71.3 Å². The van der Waals surface area contributed by atoms with Gasteiger partial charge < -0.3 is 15.2 Å². The van der Waals surface area contributed by atoms with E-state index in [1.807, 2.05) is 75.4 Å². The molecule has 30 heavy (non-hydrogen) atoms. The first-order valence-corrected chi connectivity index (χ1v) is 10.5. The van der Waals surface area contributed by atoms with Gasteiger partial charge in [0.05, 0.1) is 19.3 Å². The number of nitrogens with one attached hydrogen (secondary N) is 1. The SMILES string of the molecule is CCC1(CC)NC(=O)N(C[C@@H](O)CO[C@H](c2ccccc2)c2ccccc2C)C1=O. The van der Waals surface area contributed by atoms with E-state index in [1.54, 1.807) is 0 Å². The first-order valence-electron chi connectivity index (χ1n) is 10.5. The van der Waals surface area contributed by atoms with Gasteiger partial charge in [0.15, 0.2) is 0 Å². The maximum atomic E-state index is 12.8. The van der Waals surface area contributed by atoms with Crippen molar-refractivity contribution in [2.75, 3.05) is 13.2 Å². The lowest BCUT2D eigenvalue weighted by Crippen LogP contribution is -2.46. The van der Waals surface area contributed by atoms with Gasteiger partial charge in [-0.3, -0.25) is 9.69 Å². The highest BCUT2D eigenvalue weighted by Gasteiger charge is 2.49. The van der Waals surface area contributed by atoms with Crippen LogP contribution in [0, 0.1) is 6.92 Å². The van der Waals surface area contributed by atoms with E-state index in [1.165, 1.54) is 0 Å². The minimum absolute atomic E-state index is 0.00376. The summed E-state index contributed by atoms with van der Waals surface area (Å²) in [5, 5.41) is 13.4. The molecule has 3 rings (SSSR count). The molecule has 2 N–H and O–H groups in total. The van der Waals surface area contributed by atoms with Crippen LogP contribution in [-0.4, -0.2) is 46.7 Å². The van der Waals surface area contributed by atoms with Gasteiger partial charge >= 0.3 is 6.03 Å². The number of aryl methyl sites for hydroxylation is 1. The number of hydrogen-bond acceptors (Lipinski definition) is 4. The van der Waals surface area contributed by atoms with Gasteiger partial charge in [0.1, 0.15) is 11.6 Å². The van der Waals surface area contributed by atoms with E-state index in [9.17, 15) is 14.7 Å². The van der Waals surface area contributed by atoms with Crippen LogP contribution in [0.1, 0.15) is 49.5 Å². The number of carbonyl (C=O) groups is 2. The molecular weight excluding hydrogens is 380 g/mol. The number of amides is 3. The van der Waals surface area contributed by atoms with Crippen molar-refractivity contribution in [2.24, 2.45) is 0 Å². The highest BCUT2D eigenvalue weighted by Crippen LogP contribution is 2.29. The molecule has 0 saturated carbocycles. The molecule has 0 unspecified atom stereocenters. The van der Waals surface area contributed by atoms with Crippen LogP contribution in [-0.2, 0) is 9.53 Å². The first-order chi connectivity index (χ1) is 14.4. The largest absolute Gasteiger partial charge is 0.389 e. The van der Waals surface area contributed by atoms with Crippen LogP contribution in [0.3, 0.4) is 0 Å². The third-order valence-corrected chi connectivity index (χ3v) is 5.87. The van der Waals surface area contributed by atoms with Gasteiger partial charge in [-0.2, -0.15) is 0 Å². The van der Waals surface area contributed by atoms with Crippen LogP contribution >= 0.6 is 0 Å². The first kappa shape index (κ1) is 22.0. The smallest absolute Gasteiger partial charge is 0.325 e. The standard InChI is InChI=1S/C24H30N2O4/c1-4-24(5-2)22(28)26(23(29)25-24)15-19(27)16-30-21(18-12-7-6-8-13-18)20-14-10-9-11-17(20)3/h6-14,19,21,27H,4-5,15-16H2,1-3H3,(H,25,29)/t19-,21-/m1/s1. The van der Waals surface area contributed by atoms with Crippen molar-refractivity contribution < 1.29 is 19.4 Å².